The number of rotatable bonds is 3. The molecule has 3 heteroatoms. The van der Waals surface area contributed by atoms with Gasteiger partial charge in [-0.25, -0.2) is 0 Å². The van der Waals surface area contributed by atoms with Crippen LogP contribution in [0.3, 0.4) is 0 Å². The van der Waals surface area contributed by atoms with Gasteiger partial charge in [-0.1, -0.05) is 6.08 Å². The van der Waals surface area contributed by atoms with E-state index in [2.05, 4.69) is 4.74 Å². The van der Waals surface area contributed by atoms with Gasteiger partial charge in [0.25, 0.3) is 0 Å². The monoisotopic (exact) mass is 115 g/mol. The molecule has 0 aliphatic carbocycles. The quantitative estimate of drug-likeness (QED) is 0.512. The van der Waals surface area contributed by atoms with E-state index in [9.17, 15) is 4.79 Å². The molecule has 0 aliphatic rings. The molecule has 0 bridgehead atoms. The molecule has 0 aliphatic heterocycles. The number of amides is 1. The first-order valence-corrected chi connectivity index (χ1v) is 2.22. The first-order valence-electron chi connectivity index (χ1n) is 2.22. The molecule has 0 unspecified atom stereocenters. The number of methoxy groups -OCH3 is 1. The van der Waals surface area contributed by atoms with Gasteiger partial charge in [0.05, 0.1) is 6.61 Å². The van der Waals surface area contributed by atoms with E-state index in [1.54, 1.807) is 13.2 Å². The van der Waals surface area contributed by atoms with Crippen LogP contribution >= 0.6 is 0 Å². The molecular weight excluding hydrogens is 106 g/mol. The molecule has 0 atom stereocenters. The second-order valence-corrected chi connectivity index (χ2v) is 1.26. The maximum Gasteiger partial charge on any atom is 0.241 e. The van der Waals surface area contributed by atoms with Gasteiger partial charge in [-0.3, -0.25) is 4.79 Å². The first kappa shape index (κ1) is 7.17. The summed E-state index contributed by atoms with van der Waals surface area (Å²) in [5.74, 6) is -0.443. The molecule has 2 N–H and O–H groups in total. The Morgan fingerprint density at radius 3 is 2.88 bits per heavy atom. The average molecular weight is 115 g/mol. The van der Waals surface area contributed by atoms with Crippen molar-refractivity contribution < 1.29 is 9.53 Å². The minimum absolute atomic E-state index is 0.433. The minimum atomic E-state index is -0.443. The summed E-state index contributed by atoms with van der Waals surface area (Å²) in [6, 6.07) is 0. The lowest BCUT2D eigenvalue weighted by molar-refractivity contribution is -0.113. The standard InChI is InChI=1S/C5H9NO2/c1-8-4-2-3-5(6)7/h2-3H,4H2,1H3,(H2,6,7)/b3-2-. The number of carbonyl (C=O) groups excluding carboxylic acids is 1. The maximum absolute atomic E-state index is 9.95. The fourth-order valence-corrected chi connectivity index (χ4v) is 0.260. The zero-order valence-electron chi connectivity index (χ0n) is 4.76. The Labute approximate surface area is 48.1 Å². The number of hydrogen-bond donors (Lipinski definition) is 1. The molecule has 0 saturated carbocycles. The normalized spacial score (nSPS) is 10.1. The lowest BCUT2D eigenvalue weighted by Crippen LogP contribution is -2.05. The van der Waals surface area contributed by atoms with Gasteiger partial charge in [0.1, 0.15) is 0 Å². The van der Waals surface area contributed by atoms with Crippen LogP contribution < -0.4 is 5.73 Å². The van der Waals surface area contributed by atoms with Gasteiger partial charge in [0.15, 0.2) is 0 Å². The van der Waals surface area contributed by atoms with Crippen LogP contribution in [-0.2, 0) is 9.53 Å². The van der Waals surface area contributed by atoms with Gasteiger partial charge in [0, 0.05) is 13.2 Å². The highest BCUT2D eigenvalue weighted by atomic mass is 16.5. The fourth-order valence-electron chi connectivity index (χ4n) is 0.260. The number of carbonyl (C=O) groups is 1. The number of ether oxygens (including phenoxy) is 1. The van der Waals surface area contributed by atoms with E-state index >= 15 is 0 Å². The van der Waals surface area contributed by atoms with Crippen LogP contribution in [0.25, 0.3) is 0 Å². The van der Waals surface area contributed by atoms with Gasteiger partial charge in [-0.15, -0.1) is 0 Å². The van der Waals surface area contributed by atoms with Crippen molar-refractivity contribution in [3.05, 3.63) is 12.2 Å². The van der Waals surface area contributed by atoms with Crippen LogP contribution in [0.1, 0.15) is 0 Å². The Morgan fingerprint density at radius 2 is 2.50 bits per heavy atom. The highest BCUT2D eigenvalue weighted by Crippen LogP contribution is 1.70. The van der Waals surface area contributed by atoms with Crippen molar-refractivity contribution in [1.82, 2.24) is 0 Å². The van der Waals surface area contributed by atoms with Crippen molar-refractivity contribution in [3.8, 4) is 0 Å². The van der Waals surface area contributed by atoms with Gasteiger partial charge < -0.3 is 10.5 Å². The lowest BCUT2D eigenvalue weighted by Gasteiger charge is -1.83. The molecule has 0 heterocycles. The molecule has 0 fully saturated rings. The Bertz CT molecular complexity index is 98.6. The summed E-state index contributed by atoms with van der Waals surface area (Å²) in [5, 5.41) is 0. The summed E-state index contributed by atoms with van der Waals surface area (Å²) >= 11 is 0. The number of nitrogens with two attached hydrogens (primary N) is 1. The summed E-state index contributed by atoms with van der Waals surface area (Å²) < 4.78 is 4.60. The van der Waals surface area contributed by atoms with Gasteiger partial charge in [-0.05, 0) is 0 Å². The molecule has 3 nitrogen and oxygen atoms in total. The molecule has 1 amide bonds. The molecule has 0 rings (SSSR count). The summed E-state index contributed by atoms with van der Waals surface area (Å²) in [7, 11) is 1.55. The Hall–Kier alpha value is -0.830. The number of primary amides is 1. The van der Waals surface area contributed by atoms with E-state index in [-0.39, 0.29) is 0 Å². The van der Waals surface area contributed by atoms with Gasteiger partial charge in [0.2, 0.25) is 5.91 Å². The van der Waals surface area contributed by atoms with Crippen LogP contribution in [-0.4, -0.2) is 19.6 Å². The van der Waals surface area contributed by atoms with Crippen molar-refractivity contribution in [2.75, 3.05) is 13.7 Å². The van der Waals surface area contributed by atoms with E-state index in [1.165, 1.54) is 6.08 Å². The van der Waals surface area contributed by atoms with Gasteiger partial charge in [-0.2, -0.15) is 0 Å². The van der Waals surface area contributed by atoms with Crippen molar-refractivity contribution >= 4 is 5.91 Å². The molecule has 46 valence electrons. The van der Waals surface area contributed by atoms with Gasteiger partial charge >= 0.3 is 0 Å². The molecule has 0 aromatic heterocycles. The zero-order chi connectivity index (χ0) is 6.41. The minimum Gasteiger partial charge on any atom is -0.381 e. The second-order valence-electron chi connectivity index (χ2n) is 1.26. The van der Waals surface area contributed by atoms with Crippen molar-refractivity contribution in [3.63, 3.8) is 0 Å². The molecule has 0 aromatic rings. The summed E-state index contributed by atoms with van der Waals surface area (Å²) in [6.45, 7) is 0.433. The molecule has 0 aromatic carbocycles. The van der Waals surface area contributed by atoms with E-state index in [1.807, 2.05) is 0 Å². The summed E-state index contributed by atoms with van der Waals surface area (Å²) in [4.78, 5) is 9.95. The second kappa shape index (κ2) is 4.33. The summed E-state index contributed by atoms with van der Waals surface area (Å²) in [5.41, 5.74) is 4.75. The van der Waals surface area contributed by atoms with E-state index in [0.29, 0.717) is 6.61 Å². The molecule has 0 spiro atoms. The summed E-state index contributed by atoms with van der Waals surface area (Å²) in [6.07, 6.45) is 2.83. The van der Waals surface area contributed by atoms with Crippen molar-refractivity contribution in [2.45, 2.75) is 0 Å². The van der Waals surface area contributed by atoms with Crippen LogP contribution in [0.15, 0.2) is 12.2 Å². The first-order chi connectivity index (χ1) is 3.77. The Morgan fingerprint density at radius 1 is 1.88 bits per heavy atom. The molecular formula is C5H9NO2. The third kappa shape index (κ3) is 5.17. The largest absolute Gasteiger partial charge is 0.381 e. The third-order valence-corrected chi connectivity index (χ3v) is 0.545. The lowest BCUT2D eigenvalue weighted by atomic mass is 10.5. The van der Waals surface area contributed by atoms with Crippen molar-refractivity contribution in [1.29, 1.82) is 0 Å². The highest BCUT2D eigenvalue weighted by Gasteiger charge is 1.78. The molecule has 0 radical (unpaired) electrons. The Kier molecular flexibility index (Phi) is 3.88. The van der Waals surface area contributed by atoms with Crippen LogP contribution in [0.4, 0.5) is 0 Å². The van der Waals surface area contributed by atoms with E-state index < -0.39 is 5.91 Å². The highest BCUT2D eigenvalue weighted by molar-refractivity contribution is 5.85. The molecule has 8 heavy (non-hydrogen) atoms. The Balaban J connectivity index is 3.20. The zero-order valence-corrected chi connectivity index (χ0v) is 4.76. The topological polar surface area (TPSA) is 52.3 Å². The predicted molar refractivity (Wildman–Crippen MR) is 30.2 cm³/mol. The number of hydrogen-bond acceptors (Lipinski definition) is 2. The van der Waals surface area contributed by atoms with E-state index in [0.717, 1.165) is 0 Å². The maximum atomic E-state index is 9.95. The van der Waals surface area contributed by atoms with Crippen LogP contribution in [0, 0.1) is 0 Å². The molecule has 0 saturated heterocycles. The smallest absolute Gasteiger partial charge is 0.241 e. The van der Waals surface area contributed by atoms with Crippen molar-refractivity contribution in [2.24, 2.45) is 5.73 Å². The fraction of sp³-hybridized carbons (Fsp3) is 0.400. The third-order valence-electron chi connectivity index (χ3n) is 0.545. The van der Waals surface area contributed by atoms with Crippen LogP contribution in [0.5, 0.6) is 0 Å². The predicted octanol–water partition coefficient (Wildman–Crippen LogP) is -0.326. The van der Waals surface area contributed by atoms with Crippen LogP contribution in [0.2, 0.25) is 0 Å². The van der Waals surface area contributed by atoms with E-state index in [4.69, 9.17) is 5.73 Å². The average Bonchev–Trinajstić information content (AvgIpc) is 1.66. The SMILES string of the molecule is COC/C=C\C(N)=O.